The summed E-state index contributed by atoms with van der Waals surface area (Å²) in [5, 5.41) is 4.57. The fourth-order valence-corrected chi connectivity index (χ4v) is 10.9. The van der Waals surface area contributed by atoms with E-state index in [1.54, 1.807) is 0 Å². The number of ether oxygens (including phenoxy) is 2. The highest BCUT2D eigenvalue weighted by atomic mass is 35.5. The van der Waals surface area contributed by atoms with Crippen molar-refractivity contribution in [2.75, 3.05) is 130 Å². The molecule has 2 atom stereocenters. The van der Waals surface area contributed by atoms with E-state index in [0.29, 0.717) is 13.1 Å². The van der Waals surface area contributed by atoms with Gasteiger partial charge in [-0.2, -0.15) is 0 Å². The molecule has 4 fully saturated rings. The number of aromatic nitrogens is 2. The van der Waals surface area contributed by atoms with E-state index in [1.807, 2.05) is 72.7 Å². The van der Waals surface area contributed by atoms with Crippen LogP contribution in [0.25, 0.3) is 23.3 Å². The van der Waals surface area contributed by atoms with E-state index in [0.717, 1.165) is 138 Å². The first-order valence-electron chi connectivity index (χ1n) is 24.5. The number of urea groups is 1. The Kier molecular flexibility index (Phi) is 15.2. The van der Waals surface area contributed by atoms with E-state index in [-0.39, 0.29) is 18.1 Å². The van der Waals surface area contributed by atoms with Crippen LogP contribution in [0, 0.1) is 6.92 Å². The molecule has 360 valence electrons. The molecule has 69 heavy (non-hydrogen) atoms. The molecular formula is C55H63Cl2N9O3. The van der Waals surface area contributed by atoms with Gasteiger partial charge in [-0.05, 0) is 119 Å². The molecule has 0 spiro atoms. The predicted molar refractivity (Wildman–Crippen MR) is 278 cm³/mol. The zero-order chi connectivity index (χ0) is 47.3. The number of hydrogen-bond donors (Lipinski definition) is 1. The van der Waals surface area contributed by atoms with E-state index in [9.17, 15) is 4.79 Å². The van der Waals surface area contributed by atoms with Crippen molar-refractivity contribution in [2.45, 2.75) is 19.0 Å². The molecule has 2 aromatic heterocycles. The SMILES string of the molecule is CN1CCN(C2c3ccc(Cl)cc3C(CN3CCOCC3)=Cc3cccnc32)CC1.Cc1ccc(NC(=O)N2CCN(C3c4ccc(Cl)cc4C(CN4CCOCC4)=Cc4cccnc43)CC2)cc1. The van der Waals surface area contributed by atoms with Crippen molar-refractivity contribution >= 4 is 58.2 Å². The lowest BCUT2D eigenvalue weighted by molar-refractivity contribution is 0.0444. The van der Waals surface area contributed by atoms with Gasteiger partial charge in [-0.3, -0.25) is 29.6 Å². The third-order valence-corrected chi connectivity index (χ3v) is 14.9. The summed E-state index contributed by atoms with van der Waals surface area (Å²) in [6.45, 7) is 17.7. The van der Waals surface area contributed by atoms with Gasteiger partial charge in [0.15, 0.2) is 0 Å². The Morgan fingerprint density at radius 3 is 1.55 bits per heavy atom. The third-order valence-electron chi connectivity index (χ3n) is 14.4. The van der Waals surface area contributed by atoms with Crippen molar-refractivity contribution in [1.82, 2.24) is 39.4 Å². The van der Waals surface area contributed by atoms with Gasteiger partial charge in [0.05, 0.1) is 49.9 Å². The van der Waals surface area contributed by atoms with Crippen molar-refractivity contribution in [3.05, 3.63) is 158 Å². The minimum atomic E-state index is -0.0560. The van der Waals surface area contributed by atoms with Gasteiger partial charge in [0, 0.05) is 120 Å². The Morgan fingerprint density at radius 1 is 0.609 bits per heavy atom. The van der Waals surface area contributed by atoms with Gasteiger partial charge in [-0.15, -0.1) is 0 Å². The van der Waals surface area contributed by atoms with Gasteiger partial charge in [0.25, 0.3) is 0 Å². The zero-order valence-electron chi connectivity index (χ0n) is 39.8. The quantitative estimate of drug-likeness (QED) is 0.172. The molecule has 2 aliphatic carbocycles. The largest absolute Gasteiger partial charge is 0.379 e. The van der Waals surface area contributed by atoms with E-state index < -0.39 is 0 Å². The van der Waals surface area contributed by atoms with Crippen molar-refractivity contribution in [3.63, 3.8) is 0 Å². The lowest BCUT2D eigenvalue weighted by Gasteiger charge is -2.39. The molecule has 1 N–H and O–H groups in total. The first kappa shape index (κ1) is 47.7. The summed E-state index contributed by atoms with van der Waals surface area (Å²) in [7, 11) is 2.20. The normalized spacial score (nSPS) is 21.5. The number of anilines is 1. The molecule has 6 aliphatic rings. The average molecular weight is 969 g/mol. The Morgan fingerprint density at radius 2 is 1.07 bits per heavy atom. The minimum Gasteiger partial charge on any atom is -0.379 e. The van der Waals surface area contributed by atoms with Gasteiger partial charge < -0.3 is 24.6 Å². The Bertz CT molecular complexity index is 2650. The number of hydrogen-bond acceptors (Lipinski definition) is 10. The van der Waals surface area contributed by atoms with E-state index in [4.69, 9.17) is 42.6 Å². The second-order valence-electron chi connectivity index (χ2n) is 19.0. The number of piperazine rings is 2. The summed E-state index contributed by atoms with van der Waals surface area (Å²) in [4.78, 5) is 37.1. The van der Waals surface area contributed by atoms with Gasteiger partial charge in [0.1, 0.15) is 0 Å². The van der Waals surface area contributed by atoms with Crippen LogP contribution in [0.15, 0.2) is 97.3 Å². The number of rotatable bonds is 7. The maximum absolute atomic E-state index is 13.0. The Balaban J connectivity index is 0.000000166. The number of halogens is 2. The van der Waals surface area contributed by atoms with Crippen molar-refractivity contribution in [1.29, 1.82) is 0 Å². The highest BCUT2D eigenvalue weighted by molar-refractivity contribution is 6.31. The molecule has 0 saturated carbocycles. The van der Waals surface area contributed by atoms with Crippen LogP contribution in [0.4, 0.5) is 10.5 Å². The number of nitrogens with zero attached hydrogens (tertiary/aromatic N) is 8. The molecule has 2 amide bonds. The highest BCUT2D eigenvalue weighted by Crippen LogP contribution is 2.42. The lowest BCUT2D eigenvalue weighted by Crippen LogP contribution is -2.51. The van der Waals surface area contributed by atoms with Gasteiger partial charge in [-0.1, -0.05) is 65.2 Å². The molecule has 2 unspecified atom stereocenters. The molecule has 0 radical (unpaired) electrons. The number of pyridine rings is 2. The van der Waals surface area contributed by atoms with Crippen LogP contribution in [0.2, 0.25) is 10.0 Å². The molecule has 0 bridgehead atoms. The van der Waals surface area contributed by atoms with Crippen LogP contribution in [-0.2, 0) is 9.47 Å². The first-order valence-corrected chi connectivity index (χ1v) is 25.3. The molecular weight excluding hydrogens is 906 g/mol. The Hall–Kier alpha value is -4.99. The first-order chi connectivity index (χ1) is 33.7. The smallest absolute Gasteiger partial charge is 0.321 e. The molecule has 6 heterocycles. The molecule has 4 aliphatic heterocycles. The third kappa shape index (κ3) is 11.2. The summed E-state index contributed by atoms with van der Waals surface area (Å²) in [6.07, 6.45) is 8.44. The number of carbonyl (C=O) groups excluding carboxylic acids is 1. The second-order valence-corrected chi connectivity index (χ2v) is 19.9. The molecule has 12 nitrogen and oxygen atoms in total. The average Bonchev–Trinajstić information content (AvgIpc) is 3.59. The zero-order valence-corrected chi connectivity index (χ0v) is 41.3. The summed E-state index contributed by atoms with van der Waals surface area (Å²) in [5.41, 5.74) is 14.1. The predicted octanol–water partition coefficient (Wildman–Crippen LogP) is 8.43. The fourth-order valence-electron chi connectivity index (χ4n) is 10.6. The molecule has 14 heteroatoms. The van der Waals surface area contributed by atoms with Gasteiger partial charge in [-0.25, -0.2) is 4.79 Å². The van der Waals surface area contributed by atoms with Crippen LogP contribution < -0.4 is 5.32 Å². The summed E-state index contributed by atoms with van der Waals surface area (Å²) in [5.74, 6) is 0. The van der Waals surface area contributed by atoms with Gasteiger partial charge >= 0.3 is 6.03 Å². The number of carbonyl (C=O) groups is 1. The summed E-state index contributed by atoms with van der Waals surface area (Å²) >= 11 is 13.1. The number of nitrogens with one attached hydrogen (secondary N) is 1. The van der Waals surface area contributed by atoms with Gasteiger partial charge in [0.2, 0.25) is 0 Å². The molecule has 5 aromatic rings. The van der Waals surface area contributed by atoms with Crippen LogP contribution in [0.3, 0.4) is 0 Å². The summed E-state index contributed by atoms with van der Waals surface area (Å²) < 4.78 is 11.1. The van der Waals surface area contributed by atoms with Crippen molar-refractivity contribution in [3.8, 4) is 0 Å². The Labute approximate surface area is 417 Å². The maximum atomic E-state index is 13.0. The van der Waals surface area contributed by atoms with Crippen molar-refractivity contribution < 1.29 is 14.3 Å². The standard InChI is InChI=1S/C31H34ClN5O2.C24H29ClN4O/c1-22-4-7-26(8-5-22)34-31(38)37-13-11-36(12-14-37)30-27-9-6-25(32)20-28(27)24(21-35-15-17-39-18-16-35)19-23-3-2-10-33-29(23)30;1-27-7-9-29(10-8-27)24-21-5-4-20(25)16-22(21)19(17-28-11-13-30-14-12-28)15-18-3-2-6-26-23(18)24/h2-10,19-20,30H,11-18,21H2,1H3,(H,34,38);2-6,15-16,24H,7-14,17H2,1H3. The molecule has 3 aromatic carbocycles. The van der Waals surface area contributed by atoms with E-state index in [2.05, 4.69) is 85.4 Å². The molecule has 11 rings (SSSR count). The minimum absolute atomic E-state index is 0.0192. The monoisotopic (exact) mass is 967 g/mol. The highest BCUT2D eigenvalue weighted by Gasteiger charge is 2.35. The van der Waals surface area contributed by atoms with Crippen molar-refractivity contribution in [2.24, 2.45) is 0 Å². The number of fused-ring (bicyclic) bond motifs is 4. The number of aryl methyl sites for hydroxylation is 1. The van der Waals surface area contributed by atoms with Crippen LogP contribution in [0.5, 0.6) is 0 Å². The molecule has 4 saturated heterocycles. The fraction of sp³-hybridized carbons (Fsp3) is 0.400. The second kappa shape index (κ2) is 22.0. The van der Waals surface area contributed by atoms with E-state index in [1.165, 1.54) is 44.5 Å². The van der Waals surface area contributed by atoms with E-state index >= 15 is 0 Å². The number of amides is 2. The number of benzene rings is 3. The van der Waals surface area contributed by atoms with Crippen LogP contribution in [0.1, 0.15) is 62.4 Å². The topological polar surface area (TPSA) is 92.8 Å². The van der Waals surface area contributed by atoms with Crippen LogP contribution >= 0.6 is 23.2 Å². The maximum Gasteiger partial charge on any atom is 0.321 e. The van der Waals surface area contributed by atoms with Crippen LogP contribution in [-0.4, -0.2) is 171 Å². The number of morpholine rings is 2. The lowest BCUT2D eigenvalue weighted by atomic mass is 9.93. The number of likely N-dealkylation sites (N-methyl/N-ethyl adjacent to an activating group) is 1. The summed E-state index contributed by atoms with van der Waals surface area (Å²) in [6, 6.07) is 29.1.